The minimum atomic E-state index is -1.61. The lowest BCUT2D eigenvalue weighted by atomic mass is 9.99. The number of allylic oxidation sites excluding steroid dienone is 1. The Morgan fingerprint density at radius 2 is 0.966 bits per heavy atom. The molecule has 8 atom stereocenters. The van der Waals surface area contributed by atoms with Crippen LogP contribution in [0.1, 0.15) is 232 Å². The molecule has 350 valence electrons. The third-order valence-corrected chi connectivity index (χ3v) is 12.2. The van der Waals surface area contributed by atoms with Crippen molar-refractivity contribution in [3.63, 3.8) is 0 Å². The maximum atomic E-state index is 13.1. The van der Waals surface area contributed by atoms with Gasteiger partial charge in [-0.3, -0.25) is 4.79 Å². The number of rotatable bonds is 42. The fourth-order valence-electron chi connectivity index (χ4n) is 8.11. The summed E-state index contributed by atoms with van der Waals surface area (Å²) in [7, 11) is 0. The zero-order valence-electron chi connectivity index (χ0n) is 38.1. The van der Waals surface area contributed by atoms with Gasteiger partial charge in [-0.25, -0.2) is 0 Å². The maximum Gasteiger partial charge on any atom is 0.249 e. The van der Waals surface area contributed by atoms with Crippen molar-refractivity contribution in [2.24, 2.45) is 0 Å². The summed E-state index contributed by atoms with van der Waals surface area (Å²) in [5.41, 5.74) is 0. The van der Waals surface area contributed by atoms with Gasteiger partial charge in [-0.05, 0) is 19.3 Å². The van der Waals surface area contributed by atoms with E-state index >= 15 is 0 Å². The molecule has 0 spiro atoms. The second-order valence-corrected chi connectivity index (χ2v) is 17.8. The fraction of sp³-hybridized carbons (Fsp3) is 0.939. The van der Waals surface area contributed by atoms with Crippen LogP contribution in [-0.2, 0) is 14.3 Å². The Kier molecular flexibility index (Phi) is 37.6. The molecule has 8 unspecified atom stereocenters. The molecule has 1 amide bonds. The van der Waals surface area contributed by atoms with Crippen LogP contribution in [0, 0.1) is 0 Å². The van der Waals surface area contributed by atoms with Crippen LogP contribution in [-0.4, -0.2) is 98.7 Å². The first-order valence-electron chi connectivity index (χ1n) is 25.0. The first-order valence-corrected chi connectivity index (χ1v) is 25.0. The molecule has 0 aliphatic carbocycles. The Morgan fingerprint density at radius 3 is 1.37 bits per heavy atom. The number of carbonyl (C=O) groups is 1. The SMILES string of the molecule is CCCCCCCCCCCCC/C=C/C(O)C(COC1OC(CO)C(O)C(O)C1O)NC(=O)C(O)CCCCCCCCCCCCCCCCCCCCCCC. The smallest absolute Gasteiger partial charge is 0.249 e. The number of hydrogen-bond donors (Lipinski definition) is 7. The molecule has 1 fully saturated rings. The molecule has 10 heteroatoms. The van der Waals surface area contributed by atoms with E-state index in [-0.39, 0.29) is 6.61 Å². The van der Waals surface area contributed by atoms with E-state index in [1.165, 1.54) is 167 Å². The van der Waals surface area contributed by atoms with Gasteiger partial charge in [-0.15, -0.1) is 0 Å². The Bertz CT molecular complexity index is 952. The molecule has 0 aromatic rings. The summed E-state index contributed by atoms with van der Waals surface area (Å²) in [6.07, 6.45) is 35.9. The minimum Gasteiger partial charge on any atom is -0.394 e. The molecule has 1 aliphatic heterocycles. The van der Waals surface area contributed by atoms with Gasteiger partial charge in [0.15, 0.2) is 6.29 Å². The molecular weight excluding hydrogens is 747 g/mol. The van der Waals surface area contributed by atoms with Crippen LogP contribution in [0.2, 0.25) is 0 Å². The van der Waals surface area contributed by atoms with Crippen LogP contribution in [0.4, 0.5) is 0 Å². The summed E-state index contributed by atoms with van der Waals surface area (Å²) in [4.78, 5) is 13.1. The quantitative estimate of drug-likeness (QED) is 0.0234. The van der Waals surface area contributed by atoms with Crippen LogP contribution >= 0.6 is 0 Å². The number of aliphatic hydroxyl groups is 6. The predicted molar refractivity (Wildman–Crippen MR) is 241 cm³/mol. The van der Waals surface area contributed by atoms with Crippen LogP contribution in [0.15, 0.2) is 12.2 Å². The molecule has 0 saturated carbocycles. The maximum absolute atomic E-state index is 13.1. The van der Waals surface area contributed by atoms with E-state index in [4.69, 9.17) is 9.47 Å². The second-order valence-electron chi connectivity index (χ2n) is 17.8. The van der Waals surface area contributed by atoms with Crippen LogP contribution in [0.5, 0.6) is 0 Å². The second kappa shape index (κ2) is 39.7. The number of nitrogens with one attached hydrogen (secondary N) is 1. The van der Waals surface area contributed by atoms with Gasteiger partial charge in [-0.2, -0.15) is 0 Å². The largest absolute Gasteiger partial charge is 0.394 e. The van der Waals surface area contributed by atoms with Gasteiger partial charge in [-0.1, -0.05) is 225 Å². The van der Waals surface area contributed by atoms with Crippen molar-refractivity contribution in [3.8, 4) is 0 Å². The van der Waals surface area contributed by atoms with Gasteiger partial charge in [0.2, 0.25) is 5.91 Å². The molecule has 1 heterocycles. The lowest BCUT2D eigenvalue weighted by Crippen LogP contribution is -2.60. The topological polar surface area (TPSA) is 169 Å². The molecule has 7 N–H and O–H groups in total. The van der Waals surface area contributed by atoms with Gasteiger partial charge in [0.1, 0.15) is 30.5 Å². The summed E-state index contributed by atoms with van der Waals surface area (Å²) < 4.78 is 11.1. The first kappa shape index (κ1) is 55.9. The van der Waals surface area contributed by atoms with Crippen LogP contribution < -0.4 is 5.32 Å². The normalized spacial score (nSPS) is 21.3. The lowest BCUT2D eigenvalue weighted by Gasteiger charge is -2.40. The number of carbonyl (C=O) groups excluding carboxylic acids is 1. The van der Waals surface area contributed by atoms with E-state index in [9.17, 15) is 35.4 Å². The van der Waals surface area contributed by atoms with Crippen LogP contribution in [0.25, 0.3) is 0 Å². The van der Waals surface area contributed by atoms with Gasteiger partial charge in [0, 0.05) is 0 Å². The van der Waals surface area contributed by atoms with E-state index in [2.05, 4.69) is 19.2 Å². The summed E-state index contributed by atoms with van der Waals surface area (Å²) in [6, 6.07) is -0.974. The molecule has 1 aliphatic rings. The standard InChI is InChI=1S/C49H95NO9/c1-3-5-7-9-11-13-15-17-18-19-20-21-22-23-24-26-28-30-32-34-36-38-43(53)48(57)50-41(40-58-49-47(56)46(55)45(54)44(39-51)59-49)42(52)37-35-33-31-29-27-25-16-14-12-10-8-6-4-2/h35,37,41-47,49,51-56H,3-34,36,38-40H2,1-2H3,(H,50,57)/b37-35+. The molecular formula is C49H95NO9. The van der Waals surface area contributed by atoms with E-state index < -0.39 is 61.5 Å². The highest BCUT2D eigenvalue weighted by atomic mass is 16.7. The van der Waals surface area contributed by atoms with E-state index in [1.54, 1.807) is 6.08 Å². The van der Waals surface area contributed by atoms with E-state index in [0.717, 1.165) is 44.9 Å². The van der Waals surface area contributed by atoms with E-state index in [1.807, 2.05) is 6.08 Å². The number of aliphatic hydroxyl groups excluding tert-OH is 6. The molecule has 0 aromatic heterocycles. The third-order valence-electron chi connectivity index (χ3n) is 12.2. The molecule has 1 rings (SSSR count). The summed E-state index contributed by atoms with van der Waals surface area (Å²) in [5, 5.41) is 64.7. The predicted octanol–water partition coefficient (Wildman–Crippen LogP) is 9.87. The van der Waals surface area contributed by atoms with Crippen molar-refractivity contribution in [2.75, 3.05) is 13.2 Å². The Hall–Kier alpha value is -1.11. The van der Waals surface area contributed by atoms with Gasteiger partial charge in [0.25, 0.3) is 0 Å². The van der Waals surface area contributed by atoms with Crippen molar-refractivity contribution in [1.29, 1.82) is 0 Å². The minimum absolute atomic E-state index is 0.301. The average Bonchev–Trinajstić information content (AvgIpc) is 3.23. The highest BCUT2D eigenvalue weighted by Crippen LogP contribution is 2.23. The number of amides is 1. The zero-order chi connectivity index (χ0) is 43.2. The third kappa shape index (κ3) is 29.8. The van der Waals surface area contributed by atoms with Gasteiger partial charge >= 0.3 is 0 Å². The Balaban J connectivity index is 2.32. The van der Waals surface area contributed by atoms with Crippen molar-refractivity contribution in [3.05, 3.63) is 12.2 Å². The number of unbranched alkanes of at least 4 members (excludes halogenated alkanes) is 31. The monoisotopic (exact) mass is 842 g/mol. The number of hydrogen-bond acceptors (Lipinski definition) is 9. The van der Waals surface area contributed by atoms with Crippen molar-refractivity contribution in [2.45, 2.75) is 281 Å². The average molecular weight is 842 g/mol. The van der Waals surface area contributed by atoms with Gasteiger partial charge in [0.05, 0.1) is 25.4 Å². The fourth-order valence-corrected chi connectivity index (χ4v) is 8.11. The Labute approximate surface area is 361 Å². The lowest BCUT2D eigenvalue weighted by molar-refractivity contribution is -0.302. The number of ether oxygens (including phenoxy) is 2. The van der Waals surface area contributed by atoms with Crippen molar-refractivity contribution in [1.82, 2.24) is 5.32 Å². The summed E-state index contributed by atoms with van der Waals surface area (Å²) in [5.74, 6) is -0.613. The highest BCUT2D eigenvalue weighted by Gasteiger charge is 2.44. The first-order chi connectivity index (χ1) is 28.8. The zero-order valence-corrected chi connectivity index (χ0v) is 38.1. The molecule has 1 saturated heterocycles. The van der Waals surface area contributed by atoms with Gasteiger partial charge < -0.3 is 45.4 Å². The molecule has 10 nitrogen and oxygen atoms in total. The highest BCUT2D eigenvalue weighted by molar-refractivity contribution is 5.80. The van der Waals surface area contributed by atoms with E-state index in [0.29, 0.717) is 6.42 Å². The summed E-state index contributed by atoms with van der Waals surface area (Å²) >= 11 is 0. The molecule has 0 aromatic carbocycles. The molecule has 0 bridgehead atoms. The van der Waals surface area contributed by atoms with Crippen LogP contribution in [0.3, 0.4) is 0 Å². The van der Waals surface area contributed by atoms with Crippen molar-refractivity contribution < 1.29 is 44.9 Å². The van der Waals surface area contributed by atoms with Crippen molar-refractivity contribution >= 4 is 5.91 Å². The molecule has 59 heavy (non-hydrogen) atoms. The Morgan fingerprint density at radius 1 is 0.576 bits per heavy atom. The molecule has 0 radical (unpaired) electrons. The summed E-state index contributed by atoms with van der Waals surface area (Å²) in [6.45, 7) is 3.62.